The first-order valence-electron chi connectivity index (χ1n) is 8.56. The minimum atomic E-state index is -0.912. The molecule has 2 aromatic carbocycles. The van der Waals surface area contributed by atoms with E-state index >= 15 is 0 Å². The van der Waals surface area contributed by atoms with Crippen LogP contribution in [0, 0.1) is 0 Å². The van der Waals surface area contributed by atoms with Crippen LogP contribution in [0.2, 0.25) is 0 Å². The van der Waals surface area contributed by atoms with Crippen LogP contribution in [0.15, 0.2) is 48.5 Å². The number of carboxylic acids is 1. The number of anilines is 1. The van der Waals surface area contributed by atoms with Crippen LogP contribution in [0.1, 0.15) is 40.7 Å². The highest BCUT2D eigenvalue weighted by Gasteiger charge is 2.19. The number of carbonyl (C=O) groups excluding carboxylic acids is 1. The van der Waals surface area contributed by atoms with Crippen molar-refractivity contribution in [1.82, 2.24) is 5.32 Å². The second-order valence-corrected chi connectivity index (χ2v) is 6.28. The number of carbonyl (C=O) groups is 2. The maximum atomic E-state index is 12.0. The molecule has 0 aromatic heterocycles. The van der Waals surface area contributed by atoms with Gasteiger partial charge in [-0.25, -0.2) is 4.79 Å². The fraction of sp³-hybridized carbons (Fsp3) is 0.300. The molecule has 25 heavy (non-hydrogen) atoms. The quantitative estimate of drug-likeness (QED) is 0.849. The fourth-order valence-corrected chi connectivity index (χ4v) is 3.04. The normalized spacial score (nSPS) is 14.6. The minimum Gasteiger partial charge on any atom is -0.478 e. The number of amides is 1. The van der Waals surface area contributed by atoms with E-state index in [1.165, 1.54) is 0 Å². The average molecular weight is 338 g/mol. The van der Waals surface area contributed by atoms with E-state index in [1.807, 2.05) is 35.2 Å². The summed E-state index contributed by atoms with van der Waals surface area (Å²) in [6, 6.07) is 15.0. The lowest BCUT2D eigenvalue weighted by molar-refractivity contribution is -0.119. The molecule has 5 heteroatoms. The summed E-state index contributed by atoms with van der Waals surface area (Å²) in [5.74, 6) is -0.708. The van der Waals surface area contributed by atoms with Crippen molar-refractivity contribution in [2.24, 2.45) is 0 Å². The lowest BCUT2D eigenvalue weighted by Gasteiger charge is -2.26. The van der Waals surface area contributed by atoms with Gasteiger partial charge in [0.2, 0.25) is 5.91 Å². The Kier molecular flexibility index (Phi) is 5.46. The van der Waals surface area contributed by atoms with Gasteiger partial charge in [-0.15, -0.1) is 0 Å². The van der Waals surface area contributed by atoms with Gasteiger partial charge in [-0.3, -0.25) is 4.79 Å². The van der Waals surface area contributed by atoms with Crippen molar-refractivity contribution in [3.8, 4) is 0 Å². The number of aromatic carboxylic acids is 1. The summed E-state index contributed by atoms with van der Waals surface area (Å²) in [7, 11) is 0. The van der Waals surface area contributed by atoms with Crippen LogP contribution in [0.25, 0.3) is 0 Å². The van der Waals surface area contributed by atoms with Crippen LogP contribution in [0.5, 0.6) is 0 Å². The van der Waals surface area contributed by atoms with Crippen LogP contribution in [0.3, 0.4) is 0 Å². The molecule has 1 aliphatic rings. The van der Waals surface area contributed by atoms with Gasteiger partial charge in [0, 0.05) is 31.7 Å². The lowest BCUT2D eigenvalue weighted by Crippen LogP contribution is -2.35. The summed E-state index contributed by atoms with van der Waals surface area (Å²) in [6.07, 6.45) is 2.68. The van der Waals surface area contributed by atoms with Gasteiger partial charge in [-0.1, -0.05) is 24.3 Å². The molecule has 5 nitrogen and oxygen atoms in total. The molecule has 1 fully saturated rings. The summed E-state index contributed by atoms with van der Waals surface area (Å²) >= 11 is 0. The Morgan fingerprint density at radius 3 is 2.52 bits per heavy atom. The second kappa shape index (κ2) is 7.94. The van der Waals surface area contributed by atoms with E-state index in [0.29, 0.717) is 25.1 Å². The standard InChI is InChI=1S/C20H22N2O3/c23-19-6-1-2-11-22(19)18-9-7-15(8-10-18)13-21-14-16-4-3-5-17(12-16)20(24)25/h3-5,7-10,12,21H,1-2,6,11,13-14H2,(H,24,25). The Labute approximate surface area is 147 Å². The summed E-state index contributed by atoms with van der Waals surface area (Å²) in [5, 5.41) is 12.3. The van der Waals surface area contributed by atoms with Crippen molar-refractivity contribution < 1.29 is 14.7 Å². The third-order valence-electron chi connectivity index (χ3n) is 4.40. The molecule has 1 heterocycles. The van der Waals surface area contributed by atoms with E-state index in [1.54, 1.807) is 18.2 Å². The summed E-state index contributed by atoms with van der Waals surface area (Å²) in [5.41, 5.74) is 3.33. The molecule has 0 radical (unpaired) electrons. The molecule has 1 amide bonds. The van der Waals surface area contributed by atoms with Crippen molar-refractivity contribution in [3.05, 3.63) is 65.2 Å². The van der Waals surface area contributed by atoms with Gasteiger partial charge in [0.05, 0.1) is 5.56 Å². The molecule has 0 bridgehead atoms. The molecule has 2 N–H and O–H groups in total. The SMILES string of the molecule is O=C(O)c1cccc(CNCc2ccc(N3CCCCC3=O)cc2)c1. The Hall–Kier alpha value is -2.66. The van der Waals surface area contributed by atoms with E-state index in [0.717, 1.165) is 36.2 Å². The van der Waals surface area contributed by atoms with Gasteiger partial charge >= 0.3 is 5.97 Å². The van der Waals surface area contributed by atoms with Crippen molar-refractivity contribution in [1.29, 1.82) is 0 Å². The molecule has 1 aliphatic heterocycles. The summed E-state index contributed by atoms with van der Waals surface area (Å²) in [6.45, 7) is 2.09. The van der Waals surface area contributed by atoms with Crippen LogP contribution in [-0.4, -0.2) is 23.5 Å². The predicted octanol–water partition coefficient (Wildman–Crippen LogP) is 3.19. The molecule has 0 spiro atoms. The monoisotopic (exact) mass is 338 g/mol. The zero-order chi connectivity index (χ0) is 17.6. The first kappa shape index (κ1) is 17.2. The summed E-state index contributed by atoms with van der Waals surface area (Å²) in [4.78, 5) is 24.8. The number of carboxylic acid groups (broad SMARTS) is 1. The van der Waals surface area contributed by atoms with Crippen molar-refractivity contribution >= 4 is 17.6 Å². The highest BCUT2D eigenvalue weighted by atomic mass is 16.4. The van der Waals surface area contributed by atoms with Gasteiger partial charge in [-0.05, 0) is 48.2 Å². The zero-order valence-electron chi connectivity index (χ0n) is 14.1. The van der Waals surface area contributed by atoms with Crippen LogP contribution in [0.4, 0.5) is 5.69 Å². The van der Waals surface area contributed by atoms with Gasteiger partial charge in [-0.2, -0.15) is 0 Å². The number of benzene rings is 2. The minimum absolute atomic E-state index is 0.204. The van der Waals surface area contributed by atoms with Gasteiger partial charge in [0.25, 0.3) is 0 Å². The number of nitrogens with one attached hydrogen (secondary N) is 1. The molecule has 0 aliphatic carbocycles. The summed E-state index contributed by atoms with van der Waals surface area (Å²) < 4.78 is 0. The maximum absolute atomic E-state index is 12.0. The molecule has 0 saturated carbocycles. The van der Waals surface area contributed by atoms with Crippen molar-refractivity contribution in [2.45, 2.75) is 32.4 Å². The fourth-order valence-electron chi connectivity index (χ4n) is 3.04. The molecule has 1 saturated heterocycles. The molecular formula is C20H22N2O3. The Morgan fingerprint density at radius 2 is 1.80 bits per heavy atom. The van der Waals surface area contributed by atoms with Gasteiger partial charge in [0.15, 0.2) is 0 Å². The molecule has 0 unspecified atom stereocenters. The smallest absolute Gasteiger partial charge is 0.335 e. The maximum Gasteiger partial charge on any atom is 0.335 e. The average Bonchev–Trinajstić information content (AvgIpc) is 2.63. The first-order valence-corrected chi connectivity index (χ1v) is 8.56. The van der Waals surface area contributed by atoms with E-state index in [2.05, 4.69) is 5.32 Å². The molecule has 130 valence electrons. The van der Waals surface area contributed by atoms with E-state index in [-0.39, 0.29) is 5.91 Å². The van der Waals surface area contributed by atoms with Crippen LogP contribution < -0.4 is 10.2 Å². The molecular weight excluding hydrogens is 316 g/mol. The highest BCUT2D eigenvalue weighted by molar-refractivity contribution is 5.93. The van der Waals surface area contributed by atoms with Crippen molar-refractivity contribution in [3.63, 3.8) is 0 Å². The van der Waals surface area contributed by atoms with Gasteiger partial charge in [0.1, 0.15) is 0 Å². The van der Waals surface area contributed by atoms with E-state index < -0.39 is 5.97 Å². The molecule has 0 atom stereocenters. The lowest BCUT2D eigenvalue weighted by atomic mass is 10.1. The molecule has 3 rings (SSSR count). The van der Waals surface area contributed by atoms with Gasteiger partial charge < -0.3 is 15.3 Å². The number of piperidine rings is 1. The Morgan fingerprint density at radius 1 is 1.04 bits per heavy atom. The Balaban J connectivity index is 1.54. The first-order chi connectivity index (χ1) is 12.1. The van der Waals surface area contributed by atoms with E-state index in [9.17, 15) is 9.59 Å². The molecule has 2 aromatic rings. The Bertz CT molecular complexity index is 756. The predicted molar refractivity (Wildman–Crippen MR) is 96.6 cm³/mol. The van der Waals surface area contributed by atoms with E-state index in [4.69, 9.17) is 5.11 Å². The largest absolute Gasteiger partial charge is 0.478 e. The van der Waals surface area contributed by atoms with Crippen LogP contribution in [-0.2, 0) is 17.9 Å². The number of hydrogen-bond acceptors (Lipinski definition) is 3. The number of nitrogens with zero attached hydrogens (tertiary/aromatic N) is 1. The zero-order valence-corrected chi connectivity index (χ0v) is 14.1. The van der Waals surface area contributed by atoms with Crippen molar-refractivity contribution in [2.75, 3.05) is 11.4 Å². The highest BCUT2D eigenvalue weighted by Crippen LogP contribution is 2.21. The third-order valence-corrected chi connectivity index (χ3v) is 4.40. The number of rotatable bonds is 6. The topological polar surface area (TPSA) is 69.6 Å². The van der Waals surface area contributed by atoms with Crippen LogP contribution >= 0.6 is 0 Å². The third kappa shape index (κ3) is 4.45. The number of hydrogen-bond donors (Lipinski definition) is 2. The second-order valence-electron chi connectivity index (χ2n) is 6.28.